The molecule has 0 aliphatic rings. The molecule has 15 heavy (non-hydrogen) atoms. The number of aromatic hydroxyl groups is 1. The SMILES string of the molecule is Cc1ccc(-c2ccccc2)c(O)c1Br. The summed E-state index contributed by atoms with van der Waals surface area (Å²) in [7, 11) is 0. The summed E-state index contributed by atoms with van der Waals surface area (Å²) in [5.74, 6) is 0.307. The Kier molecular flexibility index (Phi) is 2.78. The highest BCUT2D eigenvalue weighted by Gasteiger charge is 2.08. The van der Waals surface area contributed by atoms with Crippen LogP contribution in [0, 0.1) is 6.92 Å². The molecule has 0 aliphatic heterocycles. The van der Waals surface area contributed by atoms with Gasteiger partial charge in [0, 0.05) is 5.56 Å². The van der Waals surface area contributed by atoms with Gasteiger partial charge in [-0.05, 0) is 34.0 Å². The summed E-state index contributed by atoms with van der Waals surface area (Å²) in [5.41, 5.74) is 2.91. The number of hydrogen-bond donors (Lipinski definition) is 1. The Balaban J connectivity index is 2.60. The fourth-order valence-corrected chi connectivity index (χ4v) is 1.86. The number of benzene rings is 2. The molecule has 76 valence electrons. The summed E-state index contributed by atoms with van der Waals surface area (Å²) in [6.45, 7) is 1.96. The molecule has 1 nitrogen and oxygen atoms in total. The first kappa shape index (κ1) is 10.2. The van der Waals surface area contributed by atoms with Crippen LogP contribution in [0.5, 0.6) is 5.75 Å². The van der Waals surface area contributed by atoms with Crippen LogP contribution in [-0.4, -0.2) is 5.11 Å². The van der Waals surface area contributed by atoms with Gasteiger partial charge in [0.1, 0.15) is 5.75 Å². The van der Waals surface area contributed by atoms with Crippen molar-refractivity contribution in [3.8, 4) is 16.9 Å². The van der Waals surface area contributed by atoms with Crippen LogP contribution in [0.1, 0.15) is 5.56 Å². The highest BCUT2D eigenvalue weighted by molar-refractivity contribution is 9.10. The van der Waals surface area contributed by atoms with E-state index in [1.165, 1.54) is 0 Å². The second kappa shape index (κ2) is 4.07. The topological polar surface area (TPSA) is 20.2 Å². The van der Waals surface area contributed by atoms with E-state index in [1.54, 1.807) is 0 Å². The Bertz CT molecular complexity index is 477. The van der Waals surface area contributed by atoms with Crippen molar-refractivity contribution in [1.82, 2.24) is 0 Å². The summed E-state index contributed by atoms with van der Waals surface area (Å²) < 4.78 is 0.767. The standard InChI is InChI=1S/C13H11BrO/c1-9-7-8-11(13(15)12(9)14)10-5-3-2-4-6-10/h2-8,15H,1H3. The Labute approximate surface area is 97.5 Å². The zero-order valence-corrected chi connectivity index (χ0v) is 9.95. The largest absolute Gasteiger partial charge is 0.506 e. The molecule has 0 heterocycles. The predicted molar refractivity (Wildman–Crippen MR) is 66.0 cm³/mol. The molecule has 2 aromatic rings. The summed E-state index contributed by atoms with van der Waals surface area (Å²) in [5, 5.41) is 9.98. The first-order chi connectivity index (χ1) is 7.20. The molecule has 0 saturated carbocycles. The third-order valence-electron chi connectivity index (χ3n) is 2.39. The van der Waals surface area contributed by atoms with Crippen LogP contribution in [0.4, 0.5) is 0 Å². The number of phenolic OH excluding ortho intramolecular Hbond substituents is 1. The fraction of sp³-hybridized carbons (Fsp3) is 0.0769. The number of halogens is 1. The Morgan fingerprint density at radius 1 is 1.00 bits per heavy atom. The van der Waals surface area contributed by atoms with Gasteiger partial charge in [0.25, 0.3) is 0 Å². The van der Waals surface area contributed by atoms with Crippen molar-refractivity contribution in [3.05, 3.63) is 52.5 Å². The van der Waals surface area contributed by atoms with Gasteiger partial charge in [0.2, 0.25) is 0 Å². The monoisotopic (exact) mass is 262 g/mol. The average Bonchev–Trinajstić information content (AvgIpc) is 2.27. The summed E-state index contributed by atoms with van der Waals surface area (Å²) >= 11 is 3.38. The number of phenols is 1. The second-order valence-corrected chi connectivity index (χ2v) is 4.25. The van der Waals surface area contributed by atoms with Crippen molar-refractivity contribution in [1.29, 1.82) is 0 Å². The number of aryl methyl sites for hydroxylation is 1. The van der Waals surface area contributed by atoms with Crippen molar-refractivity contribution in [2.75, 3.05) is 0 Å². The van der Waals surface area contributed by atoms with Gasteiger partial charge in [0.15, 0.2) is 0 Å². The van der Waals surface area contributed by atoms with Gasteiger partial charge in [-0.15, -0.1) is 0 Å². The van der Waals surface area contributed by atoms with Crippen LogP contribution in [0.15, 0.2) is 46.9 Å². The number of hydrogen-bond acceptors (Lipinski definition) is 1. The van der Waals surface area contributed by atoms with Crippen LogP contribution < -0.4 is 0 Å². The third-order valence-corrected chi connectivity index (χ3v) is 3.40. The van der Waals surface area contributed by atoms with Crippen molar-refractivity contribution in [2.24, 2.45) is 0 Å². The molecule has 1 N–H and O–H groups in total. The van der Waals surface area contributed by atoms with Gasteiger partial charge < -0.3 is 5.11 Å². The Morgan fingerprint density at radius 2 is 1.67 bits per heavy atom. The minimum atomic E-state index is 0.307. The molecule has 0 atom stereocenters. The van der Waals surface area contributed by atoms with E-state index in [0.29, 0.717) is 5.75 Å². The summed E-state index contributed by atoms with van der Waals surface area (Å²) in [6.07, 6.45) is 0. The zero-order valence-electron chi connectivity index (χ0n) is 8.37. The molecule has 0 fully saturated rings. The average molecular weight is 263 g/mol. The van der Waals surface area contributed by atoms with Gasteiger partial charge in [-0.3, -0.25) is 0 Å². The van der Waals surface area contributed by atoms with E-state index in [2.05, 4.69) is 15.9 Å². The van der Waals surface area contributed by atoms with Crippen molar-refractivity contribution in [3.63, 3.8) is 0 Å². The van der Waals surface area contributed by atoms with E-state index < -0.39 is 0 Å². The van der Waals surface area contributed by atoms with Crippen molar-refractivity contribution in [2.45, 2.75) is 6.92 Å². The Hall–Kier alpha value is -1.28. The molecule has 0 bridgehead atoms. The van der Waals surface area contributed by atoms with E-state index >= 15 is 0 Å². The maximum absolute atomic E-state index is 9.98. The van der Waals surface area contributed by atoms with Crippen LogP contribution in [-0.2, 0) is 0 Å². The lowest BCUT2D eigenvalue weighted by Crippen LogP contribution is -1.82. The molecular formula is C13H11BrO. The molecular weight excluding hydrogens is 252 g/mol. The molecule has 0 amide bonds. The van der Waals surface area contributed by atoms with E-state index in [-0.39, 0.29) is 0 Å². The second-order valence-electron chi connectivity index (χ2n) is 3.46. The van der Waals surface area contributed by atoms with Crippen molar-refractivity contribution < 1.29 is 5.11 Å². The third kappa shape index (κ3) is 1.90. The molecule has 0 radical (unpaired) electrons. The van der Waals surface area contributed by atoms with Gasteiger partial charge in [-0.25, -0.2) is 0 Å². The normalized spacial score (nSPS) is 10.3. The first-order valence-corrected chi connectivity index (χ1v) is 5.53. The molecule has 0 saturated heterocycles. The molecule has 0 aromatic heterocycles. The lowest BCUT2D eigenvalue weighted by Gasteiger charge is -2.08. The maximum Gasteiger partial charge on any atom is 0.137 e. The van der Waals surface area contributed by atoms with E-state index in [0.717, 1.165) is 21.2 Å². The summed E-state index contributed by atoms with van der Waals surface area (Å²) in [6, 6.07) is 13.8. The van der Waals surface area contributed by atoms with Crippen LogP contribution in [0.3, 0.4) is 0 Å². The van der Waals surface area contributed by atoms with Crippen LogP contribution in [0.25, 0.3) is 11.1 Å². The molecule has 2 heteroatoms. The highest BCUT2D eigenvalue weighted by Crippen LogP contribution is 2.37. The van der Waals surface area contributed by atoms with Crippen molar-refractivity contribution >= 4 is 15.9 Å². The summed E-state index contributed by atoms with van der Waals surface area (Å²) in [4.78, 5) is 0. The molecule has 0 aliphatic carbocycles. The van der Waals surface area contributed by atoms with E-state index in [4.69, 9.17) is 0 Å². The molecule has 0 spiro atoms. The zero-order chi connectivity index (χ0) is 10.8. The van der Waals surface area contributed by atoms with E-state index in [9.17, 15) is 5.11 Å². The maximum atomic E-state index is 9.98. The highest BCUT2D eigenvalue weighted by atomic mass is 79.9. The lowest BCUT2D eigenvalue weighted by molar-refractivity contribution is 0.473. The van der Waals surface area contributed by atoms with Gasteiger partial charge in [0.05, 0.1) is 4.47 Å². The Morgan fingerprint density at radius 3 is 2.33 bits per heavy atom. The predicted octanol–water partition coefficient (Wildman–Crippen LogP) is 4.13. The van der Waals surface area contributed by atoms with Crippen LogP contribution in [0.2, 0.25) is 0 Å². The van der Waals surface area contributed by atoms with Gasteiger partial charge in [-0.2, -0.15) is 0 Å². The quantitative estimate of drug-likeness (QED) is 0.820. The molecule has 2 aromatic carbocycles. The molecule has 0 unspecified atom stereocenters. The first-order valence-electron chi connectivity index (χ1n) is 4.73. The van der Waals surface area contributed by atoms with E-state index in [1.807, 2.05) is 49.4 Å². The minimum Gasteiger partial charge on any atom is -0.506 e. The van der Waals surface area contributed by atoms with Gasteiger partial charge in [-0.1, -0.05) is 42.5 Å². The van der Waals surface area contributed by atoms with Crippen LogP contribution >= 0.6 is 15.9 Å². The molecule has 2 rings (SSSR count). The van der Waals surface area contributed by atoms with Gasteiger partial charge >= 0.3 is 0 Å². The smallest absolute Gasteiger partial charge is 0.137 e. The minimum absolute atomic E-state index is 0.307. The fourth-order valence-electron chi connectivity index (χ4n) is 1.52. The lowest BCUT2D eigenvalue weighted by atomic mass is 10.0. The number of rotatable bonds is 1.